The lowest BCUT2D eigenvalue weighted by atomic mass is 9.97. The number of hydrogen-bond acceptors (Lipinski definition) is 7. The first-order valence-corrected chi connectivity index (χ1v) is 12.9. The first kappa shape index (κ1) is 32.4. The fourth-order valence-corrected chi connectivity index (χ4v) is 4.13. The van der Waals surface area contributed by atoms with Gasteiger partial charge >= 0.3 is 5.97 Å². The van der Waals surface area contributed by atoms with Crippen molar-refractivity contribution in [1.82, 2.24) is 15.5 Å². The van der Waals surface area contributed by atoms with Crippen LogP contribution in [0.4, 0.5) is 0 Å². The van der Waals surface area contributed by atoms with Gasteiger partial charge in [0.2, 0.25) is 17.7 Å². The quantitative estimate of drug-likeness (QED) is 0.0579. The van der Waals surface area contributed by atoms with Crippen molar-refractivity contribution in [3.8, 4) is 0 Å². The van der Waals surface area contributed by atoms with Crippen molar-refractivity contribution in [3.05, 3.63) is 0 Å². The highest BCUT2D eigenvalue weighted by atomic mass is 16.4. The Morgan fingerprint density at radius 1 is 1.00 bits per heavy atom. The predicted octanol–water partition coefficient (Wildman–Crippen LogP) is -2.49. The molecule has 0 aromatic rings. The summed E-state index contributed by atoms with van der Waals surface area (Å²) in [6, 6.07) is -3.76. The molecule has 15 nitrogen and oxygen atoms in total. The Kier molecular flexibility index (Phi) is 13.9. The second-order valence-corrected chi connectivity index (χ2v) is 9.46. The number of aliphatic imine (C=N–C) groups is 2. The van der Waals surface area contributed by atoms with Crippen LogP contribution in [0.1, 0.15) is 58.8 Å². The zero-order valence-corrected chi connectivity index (χ0v) is 22.3. The number of nitrogens with two attached hydrogens (primary N) is 5. The lowest BCUT2D eigenvalue weighted by molar-refractivity contribution is -0.143. The fourth-order valence-electron chi connectivity index (χ4n) is 4.13. The third-order valence-electron chi connectivity index (χ3n) is 6.48. The van der Waals surface area contributed by atoms with Gasteiger partial charge in [0, 0.05) is 19.6 Å². The smallest absolute Gasteiger partial charge is 0.326 e. The first-order valence-electron chi connectivity index (χ1n) is 12.9. The Hall–Kier alpha value is -3.62. The fraction of sp³-hybridized carbons (Fsp3) is 0.739. The molecule has 1 aliphatic rings. The Morgan fingerprint density at radius 3 is 2.11 bits per heavy atom. The van der Waals surface area contributed by atoms with Crippen LogP contribution in [0.2, 0.25) is 0 Å². The van der Waals surface area contributed by atoms with E-state index in [0.29, 0.717) is 51.6 Å². The van der Waals surface area contributed by atoms with Gasteiger partial charge < -0.3 is 49.3 Å². The maximum absolute atomic E-state index is 13.2. The second kappa shape index (κ2) is 16.3. The van der Waals surface area contributed by atoms with Crippen LogP contribution >= 0.6 is 0 Å². The van der Waals surface area contributed by atoms with Crippen LogP contribution in [0, 0.1) is 5.92 Å². The van der Waals surface area contributed by atoms with E-state index < -0.39 is 42.0 Å². The van der Waals surface area contributed by atoms with Gasteiger partial charge in [-0.25, -0.2) is 4.79 Å². The summed E-state index contributed by atoms with van der Waals surface area (Å²) in [6.07, 6.45) is 2.87. The van der Waals surface area contributed by atoms with E-state index in [1.165, 1.54) is 4.90 Å². The molecule has 0 saturated carbocycles. The molecule has 1 rings (SSSR count). The number of carboxylic acids is 1. The van der Waals surface area contributed by atoms with Gasteiger partial charge in [-0.15, -0.1) is 0 Å². The lowest BCUT2D eigenvalue weighted by Crippen LogP contribution is -2.58. The third-order valence-corrected chi connectivity index (χ3v) is 6.48. The summed E-state index contributed by atoms with van der Waals surface area (Å²) in [4.78, 5) is 60.1. The van der Waals surface area contributed by atoms with E-state index in [-0.39, 0.29) is 36.7 Å². The minimum Gasteiger partial charge on any atom is -0.480 e. The van der Waals surface area contributed by atoms with Crippen LogP contribution in [0.15, 0.2) is 9.98 Å². The van der Waals surface area contributed by atoms with Crippen molar-refractivity contribution in [2.45, 2.75) is 83.0 Å². The Bertz CT molecular complexity index is 873. The highest BCUT2D eigenvalue weighted by Gasteiger charge is 2.38. The number of guanidine groups is 2. The van der Waals surface area contributed by atoms with Gasteiger partial charge in [-0.3, -0.25) is 24.4 Å². The van der Waals surface area contributed by atoms with E-state index >= 15 is 0 Å². The monoisotopic (exact) mass is 540 g/mol. The maximum Gasteiger partial charge on any atom is 0.326 e. The largest absolute Gasteiger partial charge is 0.480 e. The minimum absolute atomic E-state index is 0.0401. The molecule has 1 aliphatic heterocycles. The summed E-state index contributed by atoms with van der Waals surface area (Å²) in [7, 11) is 0. The Balaban J connectivity index is 2.85. The van der Waals surface area contributed by atoms with E-state index in [1.54, 1.807) is 6.92 Å². The molecule has 3 amide bonds. The molecule has 0 aromatic carbocycles. The molecular weight excluding hydrogens is 496 g/mol. The summed E-state index contributed by atoms with van der Waals surface area (Å²) < 4.78 is 0. The Morgan fingerprint density at radius 2 is 1.58 bits per heavy atom. The van der Waals surface area contributed by atoms with Gasteiger partial charge in [0.15, 0.2) is 11.9 Å². The van der Waals surface area contributed by atoms with Crippen molar-refractivity contribution >= 4 is 35.6 Å². The van der Waals surface area contributed by atoms with Crippen LogP contribution in [0.5, 0.6) is 0 Å². The average molecular weight is 541 g/mol. The molecule has 5 atom stereocenters. The normalized spacial score (nSPS) is 18.0. The number of nitrogens with zero attached hydrogens (tertiary/aromatic N) is 3. The van der Waals surface area contributed by atoms with Gasteiger partial charge in [0.1, 0.15) is 18.1 Å². The summed E-state index contributed by atoms with van der Waals surface area (Å²) in [5.74, 6) is -3.10. The third kappa shape index (κ3) is 10.8. The van der Waals surface area contributed by atoms with E-state index in [1.807, 2.05) is 6.92 Å². The van der Waals surface area contributed by atoms with Gasteiger partial charge in [0.05, 0.1) is 6.04 Å². The molecule has 1 heterocycles. The van der Waals surface area contributed by atoms with Gasteiger partial charge in [-0.2, -0.15) is 0 Å². The number of carboxylic acid groups (broad SMARTS) is 1. The molecule has 38 heavy (non-hydrogen) atoms. The first-order chi connectivity index (χ1) is 17.9. The van der Waals surface area contributed by atoms with Crippen LogP contribution in [0.3, 0.4) is 0 Å². The standard InChI is InChI=1S/C23H44N10O5/c1-3-13(2)17(19(35)31-15(21(37)38)8-5-11-30-23(27)28)32-18(34)16-9-6-12-33(16)20(36)14(24)7-4-10-29-22(25)26/h13-17H,3-12,24H2,1-2H3,(H,31,35)(H,32,34)(H,37,38)(H4,25,26,29)(H4,27,28,30). The number of likely N-dealkylation sites (tertiary alicyclic amines) is 1. The number of rotatable bonds is 16. The number of aliphatic carboxylic acids is 1. The van der Waals surface area contributed by atoms with Crippen LogP contribution in [0.25, 0.3) is 0 Å². The Labute approximate surface area is 223 Å². The van der Waals surface area contributed by atoms with Gasteiger partial charge in [0.25, 0.3) is 0 Å². The minimum atomic E-state index is -1.21. The predicted molar refractivity (Wildman–Crippen MR) is 143 cm³/mol. The zero-order chi connectivity index (χ0) is 28.8. The van der Waals surface area contributed by atoms with E-state index in [2.05, 4.69) is 20.6 Å². The molecule has 5 unspecified atom stereocenters. The van der Waals surface area contributed by atoms with Crippen LogP contribution in [-0.2, 0) is 19.2 Å². The lowest BCUT2D eigenvalue weighted by Gasteiger charge is -2.30. The molecule has 0 spiro atoms. The van der Waals surface area contributed by atoms with E-state index in [9.17, 15) is 24.3 Å². The maximum atomic E-state index is 13.2. The van der Waals surface area contributed by atoms with Crippen molar-refractivity contribution in [3.63, 3.8) is 0 Å². The van der Waals surface area contributed by atoms with Crippen molar-refractivity contribution in [2.24, 2.45) is 44.6 Å². The number of nitrogens with one attached hydrogen (secondary N) is 2. The molecule has 0 aliphatic carbocycles. The zero-order valence-electron chi connectivity index (χ0n) is 22.3. The highest BCUT2D eigenvalue weighted by molar-refractivity contribution is 5.94. The molecule has 1 saturated heterocycles. The molecule has 1 fully saturated rings. The van der Waals surface area contributed by atoms with Crippen LogP contribution in [-0.4, -0.2) is 89.4 Å². The molecular formula is C23H44N10O5. The molecule has 0 aromatic heterocycles. The second-order valence-electron chi connectivity index (χ2n) is 9.46. The molecule has 216 valence electrons. The molecule has 13 N–H and O–H groups in total. The summed E-state index contributed by atoms with van der Waals surface area (Å²) in [5.41, 5.74) is 27.2. The number of hydrogen-bond donors (Lipinski definition) is 8. The van der Waals surface area contributed by atoms with Crippen molar-refractivity contribution in [1.29, 1.82) is 0 Å². The van der Waals surface area contributed by atoms with Gasteiger partial charge in [-0.05, 0) is 44.4 Å². The highest BCUT2D eigenvalue weighted by Crippen LogP contribution is 2.20. The summed E-state index contributed by atoms with van der Waals surface area (Å²) in [6.45, 7) is 4.56. The number of carbonyl (C=O) groups is 4. The number of amides is 3. The molecule has 0 bridgehead atoms. The van der Waals surface area contributed by atoms with Crippen molar-refractivity contribution in [2.75, 3.05) is 19.6 Å². The van der Waals surface area contributed by atoms with E-state index in [4.69, 9.17) is 28.7 Å². The van der Waals surface area contributed by atoms with Crippen LogP contribution < -0.4 is 39.3 Å². The van der Waals surface area contributed by atoms with E-state index in [0.717, 1.165) is 0 Å². The van der Waals surface area contributed by atoms with Gasteiger partial charge in [-0.1, -0.05) is 20.3 Å². The molecule has 0 radical (unpaired) electrons. The summed E-state index contributed by atoms with van der Waals surface area (Å²) >= 11 is 0. The topological polar surface area (TPSA) is 271 Å². The SMILES string of the molecule is CCC(C)C(NC(=O)C1CCCN1C(=O)C(N)CCCN=C(N)N)C(=O)NC(CCCN=C(N)N)C(=O)O. The molecule has 15 heteroatoms. The average Bonchev–Trinajstić information content (AvgIpc) is 3.35. The van der Waals surface area contributed by atoms with Crippen molar-refractivity contribution < 1.29 is 24.3 Å². The number of carbonyl (C=O) groups excluding carboxylic acids is 3. The summed E-state index contributed by atoms with van der Waals surface area (Å²) in [5, 5.41) is 14.8.